The quantitative estimate of drug-likeness (QED) is 0.778. The minimum atomic E-state index is -3.08. The van der Waals surface area contributed by atoms with Crippen molar-refractivity contribution >= 4 is 10.0 Å². The molecule has 1 atom stereocenters. The average molecular weight is 260 g/mol. The molecule has 0 spiro atoms. The summed E-state index contributed by atoms with van der Waals surface area (Å²) in [6.45, 7) is 3.92. The van der Waals surface area contributed by atoms with Gasteiger partial charge in [0, 0.05) is 6.04 Å². The van der Waals surface area contributed by atoms with Gasteiger partial charge in [-0.1, -0.05) is 6.42 Å². The molecule has 5 heteroatoms. The summed E-state index contributed by atoms with van der Waals surface area (Å²) in [5, 5.41) is 3.26. The normalized spacial score (nSPS) is 25.5. The summed E-state index contributed by atoms with van der Waals surface area (Å²) in [7, 11) is -3.08. The molecule has 1 saturated heterocycles. The summed E-state index contributed by atoms with van der Waals surface area (Å²) in [4.78, 5) is 0. The van der Waals surface area contributed by atoms with Crippen LogP contribution in [0.1, 0.15) is 39.0 Å². The lowest BCUT2D eigenvalue weighted by Crippen LogP contribution is -2.43. The lowest BCUT2D eigenvalue weighted by molar-refractivity contribution is 0.260. The maximum absolute atomic E-state index is 12.0. The van der Waals surface area contributed by atoms with Gasteiger partial charge in [0.05, 0.1) is 5.75 Å². The Morgan fingerprint density at radius 3 is 2.41 bits per heavy atom. The van der Waals surface area contributed by atoms with Gasteiger partial charge in [-0.05, 0) is 57.5 Å². The van der Waals surface area contributed by atoms with Crippen molar-refractivity contribution in [3.63, 3.8) is 0 Å². The van der Waals surface area contributed by atoms with Crippen molar-refractivity contribution in [1.82, 2.24) is 10.0 Å². The molecule has 100 valence electrons. The first-order valence-corrected chi connectivity index (χ1v) is 8.43. The van der Waals surface area contributed by atoms with Gasteiger partial charge in [-0.25, -0.2) is 13.1 Å². The molecule has 1 unspecified atom stereocenters. The summed E-state index contributed by atoms with van der Waals surface area (Å²) in [5.74, 6) is 1.21. The molecule has 0 aromatic heterocycles. The van der Waals surface area contributed by atoms with Crippen LogP contribution in [0.3, 0.4) is 0 Å². The predicted molar refractivity (Wildman–Crippen MR) is 69.3 cm³/mol. The van der Waals surface area contributed by atoms with Crippen LogP contribution in [0, 0.1) is 11.8 Å². The molecule has 2 aliphatic rings. The van der Waals surface area contributed by atoms with E-state index in [2.05, 4.69) is 10.0 Å². The number of rotatable bonds is 5. The van der Waals surface area contributed by atoms with Crippen LogP contribution in [-0.4, -0.2) is 33.3 Å². The highest BCUT2D eigenvalue weighted by Crippen LogP contribution is 2.29. The van der Waals surface area contributed by atoms with Crippen LogP contribution in [0.15, 0.2) is 0 Å². The molecule has 2 rings (SSSR count). The van der Waals surface area contributed by atoms with E-state index in [-0.39, 0.29) is 6.04 Å². The van der Waals surface area contributed by atoms with Crippen LogP contribution in [-0.2, 0) is 10.0 Å². The third-order valence-corrected chi connectivity index (χ3v) is 5.78. The van der Waals surface area contributed by atoms with Crippen molar-refractivity contribution in [1.29, 1.82) is 0 Å². The van der Waals surface area contributed by atoms with Crippen molar-refractivity contribution in [3.8, 4) is 0 Å². The van der Waals surface area contributed by atoms with E-state index in [1.807, 2.05) is 6.92 Å². The Kier molecular flexibility index (Phi) is 4.44. The Hall–Kier alpha value is -0.130. The summed E-state index contributed by atoms with van der Waals surface area (Å²) >= 11 is 0. The first-order chi connectivity index (χ1) is 8.07. The number of sulfonamides is 1. The zero-order chi connectivity index (χ0) is 12.3. The van der Waals surface area contributed by atoms with E-state index < -0.39 is 10.0 Å². The molecule has 0 amide bonds. The topological polar surface area (TPSA) is 58.2 Å². The number of nitrogens with one attached hydrogen (secondary N) is 2. The van der Waals surface area contributed by atoms with E-state index in [1.54, 1.807) is 0 Å². The number of piperidine rings is 1. The van der Waals surface area contributed by atoms with Gasteiger partial charge in [-0.15, -0.1) is 0 Å². The largest absolute Gasteiger partial charge is 0.317 e. The zero-order valence-corrected chi connectivity index (χ0v) is 11.4. The van der Waals surface area contributed by atoms with Crippen molar-refractivity contribution in [2.75, 3.05) is 18.8 Å². The minimum Gasteiger partial charge on any atom is -0.317 e. The summed E-state index contributed by atoms with van der Waals surface area (Å²) in [6, 6.07) is 0.121. The third-order valence-electron chi connectivity index (χ3n) is 4.14. The van der Waals surface area contributed by atoms with Gasteiger partial charge in [0.15, 0.2) is 0 Å². The van der Waals surface area contributed by atoms with Crippen LogP contribution in [0.25, 0.3) is 0 Å². The van der Waals surface area contributed by atoms with Gasteiger partial charge in [0.25, 0.3) is 0 Å². The van der Waals surface area contributed by atoms with E-state index in [1.165, 1.54) is 19.3 Å². The zero-order valence-electron chi connectivity index (χ0n) is 10.6. The highest BCUT2D eigenvalue weighted by molar-refractivity contribution is 7.89. The van der Waals surface area contributed by atoms with Crippen LogP contribution < -0.4 is 10.0 Å². The van der Waals surface area contributed by atoms with Gasteiger partial charge in [-0.3, -0.25) is 0 Å². The SMILES string of the molecule is CC(NS(=O)(=O)CC1CCNCC1)C1CCC1. The first-order valence-electron chi connectivity index (χ1n) is 6.77. The van der Waals surface area contributed by atoms with Gasteiger partial charge in [-0.2, -0.15) is 0 Å². The molecule has 2 fully saturated rings. The van der Waals surface area contributed by atoms with E-state index in [0.29, 0.717) is 17.6 Å². The number of hydrogen-bond donors (Lipinski definition) is 2. The predicted octanol–water partition coefficient (Wildman–Crippen LogP) is 1.09. The smallest absolute Gasteiger partial charge is 0.212 e. The molecule has 0 radical (unpaired) electrons. The molecule has 1 heterocycles. The Morgan fingerprint density at radius 2 is 1.88 bits per heavy atom. The number of hydrogen-bond acceptors (Lipinski definition) is 3. The molecular formula is C12H24N2O2S. The average Bonchev–Trinajstić information content (AvgIpc) is 2.13. The molecule has 17 heavy (non-hydrogen) atoms. The Morgan fingerprint density at radius 1 is 1.24 bits per heavy atom. The lowest BCUT2D eigenvalue weighted by Gasteiger charge is -2.32. The second kappa shape index (κ2) is 5.67. The first kappa shape index (κ1) is 13.3. The van der Waals surface area contributed by atoms with E-state index in [0.717, 1.165) is 25.9 Å². The molecule has 1 aliphatic heterocycles. The Labute approximate surface area is 105 Å². The van der Waals surface area contributed by atoms with Crippen LogP contribution >= 0.6 is 0 Å². The summed E-state index contributed by atoms with van der Waals surface area (Å²) in [5.41, 5.74) is 0. The van der Waals surface area contributed by atoms with Crippen LogP contribution in [0.2, 0.25) is 0 Å². The highest BCUT2D eigenvalue weighted by Gasteiger charge is 2.28. The fraction of sp³-hybridized carbons (Fsp3) is 1.00. The summed E-state index contributed by atoms with van der Waals surface area (Å²) in [6.07, 6.45) is 5.58. The minimum absolute atomic E-state index is 0.121. The molecule has 0 aromatic carbocycles. The molecule has 1 saturated carbocycles. The van der Waals surface area contributed by atoms with Crippen LogP contribution in [0.5, 0.6) is 0 Å². The van der Waals surface area contributed by atoms with Gasteiger partial charge in [0.2, 0.25) is 10.0 Å². The standard InChI is InChI=1S/C12H24N2O2S/c1-10(12-3-2-4-12)14-17(15,16)9-11-5-7-13-8-6-11/h10-14H,2-9H2,1H3. The van der Waals surface area contributed by atoms with Crippen molar-refractivity contribution < 1.29 is 8.42 Å². The molecule has 2 N–H and O–H groups in total. The fourth-order valence-electron chi connectivity index (χ4n) is 2.73. The molecule has 1 aliphatic carbocycles. The van der Waals surface area contributed by atoms with Crippen LogP contribution in [0.4, 0.5) is 0 Å². The Bertz CT molecular complexity index is 322. The van der Waals surface area contributed by atoms with Gasteiger partial charge < -0.3 is 5.32 Å². The van der Waals surface area contributed by atoms with E-state index >= 15 is 0 Å². The van der Waals surface area contributed by atoms with Crippen molar-refractivity contribution in [2.45, 2.75) is 45.1 Å². The van der Waals surface area contributed by atoms with E-state index in [4.69, 9.17) is 0 Å². The third kappa shape index (κ3) is 3.93. The van der Waals surface area contributed by atoms with Crippen molar-refractivity contribution in [2.24, 2.45) is 11.8 Å². The second-order valence-electron chi connectivity index (χ2n) is 5.57. The second-order valence-corrected chi connectivity index (χ2v) is 7.37. The Balaban J connectivity index is 1.80. The van der Waals surface area contributed by atoms with Gasteiger partial charge >= 0.3 is 0 Å². The maximum Gasteiger partial charge on any atom is 0.212 e. The van der Waals surface area contributed by atoms with E-state index in [9.17, 15) is 8.42 Å². The highest BCUT2D eigenvalue weighted by atomic mass is 32.2. The fourth-order valence-corrected chi connectivity index (χ4v) is 4.54. The monoisotopic (exact) mass is 260 g/mol. The van der Waals surface area contributed by atoms with Gasteiger partial charge in [0.1, 0.15) is 0 Å². The molecular weight excluding hydrogens is 236 g/mol. The summed E-state index contributed by atoms with van der Waals surface area (Å²) < 4.78 is 26.9. The lowest BCUT2D eigenvalue weighted by atomic mass is 9.81. The molecule has 4 nitrogen and oxygen atoms in total. The maximum atomic E-state index is 12.0. The molecule has 0 bridgehead atoms. The van der Waals surface area contributed by atoms with Crippen molar-refractivity contribution in [3.05, 3.63) is 0 Å². The molecule has 0 aromatic rings.